The smallest absolute Gasteiger partial charge is 0.277 e. The van der Waals surface area contributed by atoms with Crippen molar-refractivity contribution in [2.75, 3.05) is 22.9 Å². The molecule has 0 bridgehead atoms. The van der Waals surface area contributed by atoms with Crippen molar-refractivity contribution in [1.82, 2.24) is 10.2 Å². The number of Topliss-reactive ketones (excluding diaryl/α,β-unsaturated/α-hetero) is 1. The molecule has 0 aliphatic carbocycles. The summed E-state index contributed by atoms with van der Waals surface area (Å²) in [4.78, 5) is 12.6. The van der Waals surface area contributed by atoms with Crippen molar-refractivity contribution in [3.8, 4) is 11.5 Å². The minimum absolute atomic E-state index is 0.0969. The molecule has 0 amide bonds. The monoisotopic (exact) mass is 447 g/mol. The van der Waals surface area contributed by atoms with E-state index in [9.17, 15) is 17.6 Å². The molecule has 0 saturated carbocycles. The number of thioether (sulfide) groups is 1. The number of ketones is 1. The first kappa shape index (κ1) is 20.5. The van der Waals surface area contributed by atoms with Gasteiger partial charge in [-0.3, -0.25) is 9.10 Å². The number of hydrogen-bond acceptors (Lipinski definition) is 7. The first-order chi connectivity index (χ1) is 14.3. The number of nitrogens with zero attached hydrogens (tertiary/aromatic N) is 3. The van der Waals surface area contributed by atoms with Gasteiger partial charge < -0.3 is 4.42 Å². The zero-order valence-electron chi connectivity index (χ0n) is 16.0. The summed E-state index contributed by atoms with van der Waals surface area (Å²) in [6, 6.07) is 10.8. The lowest BCUT2D eigenvalue weighted by Crippen LogP contribution is -2.34. The Morgan fingerprint density at radius 3 is 2.70 bits per heavy atom. The van der Waals surface area contributed by atoms with Crippen LogP contribution in [0.15, 0.2) is 52.1 Å². The van der Waals surface area contributed by atoms with E-state index in [1.165, 1.54) is 34.8 Å². The minimum Gasteiger partial charge on any atom is -0.411 e. The van der Waals surface area contributed by atoms with E-state index >= 15 is 0 Å². The summed E-state index contributed by atoms with van der Waals surface area (Å²) < 4.78 is 43.9. The fourth-order valence-electron chi connectivity index (χ4n) is 3.27. The van der Waals surface area contributed by atoms with Crippen LogP contribution in [0.25, 0.3) is 11.5 Å². The van der Waals surface area contributed by atoms with Crippen LogP contribution in [0.1, 0.15) is 22.3 Å². The number of fused-ring (bicyclic) bond motifs is 1. The van der Waals surface area contributed by atoms with Crippen LogP contribution in [0.3, 0.4) is 0 Å². The second kappa shape index (κ2) is 8.19. The maximum absolute atomic E-state index is 13.0. The topological polar surface area (TPSA) is 93.4 Å². The molecule has 0 N–H and O–H groups in total. The SMILES string of the molecule is CS(=O)(=O)N1CCCc2cc(C(=O)CSc3nnc(-c4ccc(F)cc4)o3)ccc21. The summed E-state index contributed by atoms with van der Waals surface area (Å²) in [5.41, 5.74) is 2.58. The van der Waals surface area contributed by atoms with E-state index in [0.29, 0.717) is 29.8 Å². The molecule has 1 aliphatic rings. The van der Waals surface area contributed by atoms with Crippen molar-refractivity contribution in [2.24, 2.45) is 0 Å². The molecule has 0 fully saturated rings. The molecule has 2 aromatic carbocycles. The van der Waals surface area contributed by atoms with Crippen LogP contribution in [0, 0.1) is 5.82 Å². The predicted octanol–water partition coefficient (Wildman–Crippen LogP) is 3.56. The third-order valence-corrected chi connectivity index (χ3v) is 6.70. The molecular weight excluding hydrogens is 429 g/mol. The first-order valence-electron chi connectivity index (χ1n) is 9.17. The number of aromatic nitrogens is 2. The first-order valence-corrected chi connectivity index (χ1v) is 12.0. The van der Waals surface area contributed by atoms with Crippen molar-refractivity contribution >= 4 is 33.3 Å². The van der Waals surface area contributed by atoms with Gasteiger partial charge in [-0.25, -0.2) is 12.8 Å². The Balaban J connectivity index is 1.44. The Morgan fingerprint density at radius 1 is 1.20 bits per heavy atom. The molecular formula is C20H18FN3O4S2. The fraction of sp³-hybridized carbons (Fsp3) is 0.250. The van der Waals surface area contributed by atoms with Crippen LogP contribution in [-0.2, 0) is 16.4 Å². The number of carbonyl (C=O) groups excluding carboxylic acids is 1. The van der Waals surface area contributed by atoms with Gasteiger partial charge >= 0.3 is 0 Å². The lowest BCUT2D eigenvalue weighted by atomic mass is 9.99. The van der Waals surface area contributed by atoms with Crippen molar-refractivity contribution < 1.29 is 22.0 Å². The van der Waals surface area contributed by atoms with E-state index < -0.39 is 10.0 Å². The average molecular weight is 448 g/mol. The average Bonchev–Trinajstić information content (AvgIpc) is 3.20. The van der Waals surface area contributed by atoms with Crippen LogP contribution in [0.2, 0.25) is 0 Å². The second-order valence-electron chi connectivity index (χ2n) is 6.87. The quantitative estimate of drug-likeness (QED) is 0.421. The van der Waals surface area contributed by atoms with E-state index in [-0.39, 0.29) is 28.5 Å². The summed E-state index contributed by atoms with van der Waals surface area (Å²) >= 11 is 1.11. The van der Waals surface area contributed by atoms with Gasteiger partial charge in [0.05, 0.1) is 17.7 Å². The molecule has 4 rings (SSSR count). The van der Waals surface area contributed by atoms with Gasteiger partial charge in [-0.15, -0.1) is 10.2 Å². The lowest BCUT2D eigenvalue weighted by Gasteiger charge is -2.29. The van der Waals surface area contributed by atoms with Crippen molar-refractivity contribution in [3.63, 3.8) is 0 Å². The molecule has 1 aromatic heterocycles. The molecule has 0 atom stereocenters. The number of hydrogen-bond donors (Lipinski definition) is 0. The molecule has 0 spiro atoms. The van der Waals surface area contributed by atoms with Crippen molar-refractivity contribution in [2.45, 2.75) is 18.1 Å². The number of carbonyl (C=O) groups is 1. The molecule has 0 unspecified atom stereocenters. The normalized spacial score (nSPS) is 13.9. The number of sulfonamides is 1. The van der Waals surface area contributed by atoms with Crippen molar-refractivity contribution in [1.29, 1.82) is 0 Å². The second-order valence-corrected chi connectivity index (χ2v) is 9.71. The molecule has 30 heavy (non-hydrogen) atoms. The Kier molecular flexibility index (Phi) is 5.61. The van der Waals surface area contributed by atoms with E-state index in [0.717, 1.165) is 23.7 Å². The number of rotatable bonds is 6. The number of benzene rings is 2. The van der Waals surface area contributed by atoms with Crippen LogP contribution < -0.4 is 4.31 Å². The number of aryl methyl sites for hydroxylation is 1. The molecule has 1 aliphatic heterocycles. The van der Waals surface area contributed by atoms with Gasteiger partial charge in [0.2, 0.25) is 15.9 Å². The van der Waals surface area contributed by atoms with Crippen LogP contribution in [0.5, 0.6) is 0 Å². The fourth-order valence-corrected chi connectivity index (χ4v) is 4.92. The summed E-state index contributed by atoms with van der Waals surface area (Å²) in [5.74, 6) is -0.136. The highest BCUT2D eigenvalue weighted by atomic mass is 32.2. The summed E-state index contributed by atoms with van der Waals surface area (Å²) in [5, 5.41) is 8.08. The highest BCUT2D eigenvalue weighted by Crippen LogP contribution is 2.30. The molecule has 2 heterocycles. The van der Waals surface area contributed by atoms with E-state index in [4.69, 9.17) is 4.42 Å². The van der Waals surface area contributed by atoms with Crippen LogP contribution in [-0.4, -0.2) is 43.0 Å². The minimum atomic E-state index is -3.35. The van der Waals surface area contributed by atoms with Gasteiger partial charge in [0, 0.05) is 17.7 Å². The molecule has 7 nitrogen and oxygen atoms in total. The maximum Gasteiger partial charge on any atom is 0.277 e. The summed E-state index contributed by atoms with van der Waals surface area (Å²) in [6.07, 6.45) is 2.61. The Hall–Kier alpha value is -2.72. The molecule has 3 aromatic rings. The zero-order chi connectivity index (χ0) is 21.3. The predicted molar refractivity (Wildman–Crippen MR) is 112 cm³/mol. The maximum atomic E-state index is 13.0. The molecule has 10 heteroatoms. The number of anilines is 1. The molecule has 156 valence electrons. The van der Waals surface area contributed by atoms with Crippen LogP contribution >= 0.6 is 11.8 Å². The largest absolute Gasteiger partial charge is 0.411 e. The summed E-state index contributed by atoms with van der Waals surface area (Å²) in [6.45, 7) is 0.447. The zero-order valence-corrected chi connectivity index (χ0v) is 17.7. The van der Waals surface area contributed by atoms with Crippen LogP contribution in [0.4, 0.5) is 10.1 Å². The van der Waals surface area contributed by atoms with E-state index in [2.05, 4.69) is 10.2 Å². The van der Waals surface area contributed by atoms with Crippen molar-refractivity contribution in [3.05, 3.63) is 59.4 Å². The van der Waals surface area contributed by atoms with Gasteiger partial charge in [-0.05, 0) is 60.9 Å². The Labute approximate surface area is 177 Å². The highest BCUT2D eigenvalue weighted by molar-refractivity contribution is 7.99. The number of halogens is 1. The molecule has 0 saturated heterocycles. The standard InChI is InChI=1S/C20H18FN3O4S2/c1-30(26,27)24-10-2-3-14-11-15(6-9-17(14)24)18(25)12-29-20-23-22-19(28-20)13-4-7-16(21)8-5-13/h4-9,11H,2-3,10,12H2,1H3. The Bertz CT molecular complexity index is 1190. The lowest BCUT2D eigenvalue weighted by molar-refractivity contribution is 0.102. The van der Waals surface area contributed by atoms with Gasteiger partial charge in [0.15, 0.2) is 5.78 Å². The van der Waals surface area contributed by atoms with E-state index in [1.807, 2.05) is 0 Å². The highest BCUT2D eigenvalue weighted by Gasteiger charge is 2.24. The third-order valence-electron chi connectivity index (χ3n) is 4.70. The summed E-state index contributed by atoms with van der Waals surface area (Å²) in [7, 11) is -3.35. The third kappa shape index (κ3) is 4.39. The Morgan fingerprint density at radius 2 is 1.97 bits per heavy atom. The van der Waals surface area contributed by atoms with E-state index in [1.54, 1.807) is 18.2 Å². The molecule has 0 radical (unpaired) electrons. The van der Waals surface area contributed by atoms with Gasteiger partial charge in [-0.2, -0.15) is 0 Å². The van der Waals surface area contributed by atoms with Gasteiger partial charge in [-0.1, -0.05) is 11.8 Å². The van der Waals surface area contributed by atoms with Gasteiger partial charge in [0.25, 0.3) is 5.22 Å². The van der Waals surface area contributed by atoms with Gasteiger partial charge in [0.1, 0.15) is 5.82 Å².